The van der Waals surface area contributed by atoms with Gasteiger partial charge in [0.2, 0.25) is 5.91 Å². The average Bonchev–Trinajstić information content (AvgIpc) is 3.02. The summed E-state index contributed by atoms with van der Waals surface area (Å²) in [6.07, 6.45) is 4.84. The number of rotatable bonds is 6. The summed E-state index contributed by atoms with van der Waals surface area (Å²) in [4.78, 5) is 17.0. The van der Waals surface area contributed by atoms with Gasteiger partial charge in [0.05, 0.1) is 5.69 Å². The number of carbonyl (C=O) groups excluding carboxylic acids is 1. The monoisotopic (exact) mass is 353 g/mol. The minimum Gasteiger partial charge on any atom is -0.354 e. The quantitative estimate of drug-likeness (QED) is 0.721. The third kappa shape index (κ3) is 3.93. The Morgan fingerprint density at radius 2 is 2.12 bits per heavy atom. The summed E-state index contributed by atoms with van der Waals surface area (Å²) in [5.41, 5.74) is 3.59. The molecule has 0 aliphatic carbocycles. The van der Waals surface area contributed by atoms with Crippen molar-refractivity contribution in [2.75, 3.05) is 0 Å². The predicted octanol–water partition coefficient (Wildman–Crippen LogP) is 4.22. The van der Waals surface area contributed by atoms with Gasteiger partial charge in [-0.05, 0) is 55.7 Å². The molecule has 0 radical (unpaired) electrons. The Bertz CT molecular complexity index is 919. The van der Waals surface area contributed by atoms with Crippen LogP contribution in [0.5, 0.6) is 0 Å². The largest absolute Gasteiger partial charge is 0.354 e. The van der Waals surface area contributed by atoms with Crippen LogP contribution in [0.1, 0.15) is 49.4 Å². The Morgan fingerprint density at radius 3 is 2.85 bits per heavy atom. The summed E-state index contributed by atoms with van der Waals surface area (Å²) >= 11 is 0. The highest BCUT2D eigenvalue weighted by Gasteiger charge is 2.23. The van der Waals surface area contributed by atoms with Crippen molar-refractivity contribution in [2.45, 2.75) is 45.6 Å². The SMILES string of the molecule is CCC(C)NC(=O)CC(c1cccc(F)c1)c1cnc2cc(C)ccn12. The number of nitrogens with zero attached hydrogens (tertiary/aromatic N) is 2. The fourth-order valence-corrected chi connectivity index (χ4v) is 3.10. The molecule has 3 aromatic rings. The van der Waals surface area contributed by atoms with E-state index in [4.69, 9.17) is 0 Å². The van der Waals surface area contributed by atoms with Gasteiger partial charge in [-0.3, -0.25) is 4.79 Å². The molecule has 0 aliphatic rings. The molecular weight excluding hydrogens is 329 g/mol. The van der Waals surface area contributed by atoms with Gasteiger partial charge >= 0.3 is 0 Å². The lowest BCUT2D eigenvalue weighted by atomic mass is 9.92. The topological polar surface area (TPSA) is 46.4 Å². The molecule has 136 valence electrons. The van der Waals surface area contributed by atoms with Crippen LogP contribution in [0, 0.1) is 12.7 Å². The van der Waals surface area contributed by atoms with Gasteiger partial charge in [-0.2, -0.15) is 0 Å². The maximum Gasteiger partial charge on any atom is 0.221 e. The van der Waals surface area contributed by atoms with Crippen LogP contribution in [0.25, 0.3) is 5.65 Å². The molecule has 26 heavy (non-hydrogen) atoms. The second-order valence-electron chi connectivity index (χ2n) is 6.80. The first kappa shape index (κ1) is 18.1. The first-order valence-corrected chi connectivity index (χ1v) is 8.96. The number of imidazole rings is 1. The Labute approximate surface area is 153 Å². The fraction of sp³-hybridized carbons (Fsp3) is 0.333. The van der Waals surface area contributed by atoms with Crippen LogP contribution in [0.4, 0.5) is 4.39 Å². The van der Waals surface area contributed by atoms with Gasteiger partial charge < -0.3 is 9.72 Å². The molecule has 0 aliphatic heterocycles. The van der Waals surface area contributed by atoms with E-state index < -0.39 is 0 Å². The zero-order valence-corrected chi connectivity index (χ0v) is 15.4. The van der Waals surface area contributed by atoms with Crippen molar-refractivity contribution in [1.82, 2.24) is 14.7 Å². The number of amides is 1. The molecule has 0 bridgehead atoms. The van der Waals surface area contributed by atoms with Crippen molar-refractivity contribution < 1.29 is 9.18 Å². The van der Waals surface area contributed by atoms with E-state index in [1.807, 2.05) is 49.6 Å². The maximum atomic E-state index is 13.8. The van der Waals surface area contributed by atoms with Crippen molar-refractivity contribution in [3.63, 3.8) is 0 Å². The standard InChI is InChI=1S/C21H24FN3O/c1-4-15(3)24-21(26)12-18(16-6-5-7-17(22)11-16)19-13-23-20-10-14(2)8-9-25(19)20/h5-11,13,15,18H,4,12H2,1-3H3,(H,24,26). The lowest BCUT2D eigenvalue weighted by molar-refractivity contribution is -0.121. The van der Waals surface area contributed by atoms with Gasteiger partial charge in [0.15, 0.2) is 0 Å². The highest BCUT2D eigenvalue weighted by molar-refractivity contribution is 5.77. The fourth-order valence-electron chi connectivity index (χ4n) is 3.10. The van der Waals surface area contributed by atoms with Crippen LogP contribution in [-0.4, -0.2) is 21.3 Å². The minimum atomic E-state index is -0.306. The van der Waals surface area contributed by atoms with Crippen LogP contribution >= 0.6 is 0 Å². The summed E-state index contributed by atoms with van der Waals surface area (Å²) in [6.45, 7) is 6.02. The summed E-state index contributed by atoms with van der Waals surface area (Å²) < 4.78 is 15.8. The molecule has 1 amide bonds. The van der Waals surface area contributed by atoms with Gasteiger partial charge in [-0.1, -0.05) is 19.1 Å². The number of nitrogens with one attached hydrogen (secondary N) is 1. The molecule has 2 aromatic heterocycles. The van der Waals surface area contributed by atoms with Gasteiger partial charge in [-0.25, -0.2) is 9.37 Å². The minimum absolute atomic E-state index is 0.0457. The zero-order chi connectivity index (χ0) is 18.7. The third-order valence-electron chi connectivity index (χ3n) is 4.71. The molecule has 4 nitrogen and oxygen atoms in total. The van der Waals surface area contributed by atoms with Crippen LogP contribution < -0.4 is 5.32 Å². The molecule has 1 N–H and O–H groups in total. The van der Waals surface area contributed by atoms with Crippen LogP contribution in [0.2, 0.25) is 0 Å². The number of benzene rings is 1. The molecule has 2 atom stereocenters. The first-order valence-electron chi connectivity index (χ1n) is 8.96. The summed E-state index contributed by atoms with van der Waals surface area (Å²) in [5, 5.41) is 3.00. The molecule has 5 heteroatoms. The number of hydrogen-bond donors (Lipinski definition) is 1. The molecule has 1 aromatic carbocycles. The Hall–Kier alpha value is -2.69. The van der Waals surface area contributed by atoms with Crippen molar-refractivity contribution in [3.05, 3.63) is 71.4 Å². The smallest absolute Gasteiger partial charge is 0.221 e. The molecule has 2 unspecified atom stereocenters. The Balaban J connectivity index is 2.00. The zero-order valence-electron chi connectivity index (χ0n) is 15.4. The number of hydrogen-bond acceptors (Lipinski definition) is 2. The normalized spacial score (nSPS) is 13.5. The Morgan fingerprint density at radius 1 is 1.31 bits per heavy atom. The van der Waals surface area contributed by atoms with Gasteiger partial charge in [-0.15, -0.1) is 0 Å². The second kappa shape index (κ2) is 7.68. The second-order valence-corrected chi connectivity index (χ2v) is 6.80. The summed E-state index contributed by atoms with van der Waals surface area (Å²) in [6, 6.07) is 10.5. The maximum absolute atomic E-state index is 13.8. The third-order valence-corrected chi connectivity index (χ3v) is 4.71. The van der Waals surface area contributed by atoms with Crippen LogP contribution in [0.3, 0.4) is 0 Å². The Kier molecular flexibility index (Phi) is 5.35. The molecule has 3 rings (SSSR count). The number of halogens is 1. The van der Waals surface area contributed by atoms with Crippen molar-refractivity contribution in [1.29, 1.82) is 0 Å². The van der Waals surface area contributed by atoms with E-state index in [9.17, 15) is 9.18 Å². The van der Waals surface area contributed by atoms with E-state index in [-0.39, 0.29) is 30.1 Å². The van der Waals surface area contributed by atoms with E-state index in [1.54, 1.807) is 12.3 Å². The van der Waals surface area contributed by atoms with Gasteiger partial charge in [0, 0.05) is 30.8 Å². The predicted molar refractivity (Wildman–Crippen MR) is 101 cm³/mol. The van der Waals surface area contributed by atoms with Gasteiger partial charge in [0.25, 0.3) is 0 Å². The van der Waals surface area contributed by atoms with Crippen LogP contribution in [0.15, 0.2) is 48.8 Å². The number of pyridine rings is 1. The van der Waals surface area contributed by atoms with Gasteiger partial charge in [0.1, 0.15) is 11.5 Å². The molecule has 0 saturated heterocycles. The average molecular weight is 353 g/mol. The van der Waals surface area contributed by atoms with E-state index in [2.05, 4.69) is 10.3 Å². The summed E-state index contributed by atoms with van der Waals surface area (Å²) in [7, 11) is 0. The first-order chi connectivity index (χ1) is 12.5. The lowest BCUT2D eigenvalue weighted by Crippen LogP contribution is -2.33. The highest BCUT2D eigenvalue weighted by Crippen LogP contribution is 2.29. The number of fused-ring (bicyclic) bond motifs is 1. The van der Waals surface area contributed by atoms with E-state index in [1.165, 1.54) is 12.1 Å². The van der Waals surface area contributed by atoms with Crippen molar-refractivity contribution in [3.8, 4) is 0 Å². The molecule has 0 fully saturated rings. The summed E-state index contributed by atoms with van der Waals surface area (Å²) in [5.74, 6) is -0.623. The van der Waals surface area contributed by atoms with Crippen molar-refractivity contribution in [2.24, 2.45) is 0 Å². The molecule has 2 heterocycles. The van der Waals surface area contributed by atoms with Crippen LogP contribution in [-0.2, 0) is 4.79 Å². The van der Waals surface area contributed by atoms with E-state index >= 15 is 0 Å². The highest BCUT2D eigenvalue weighted by atomic mass is 19.1. The molecular formula is C21H24FN3O. The lowest BCUT2D eigenvalue weighted by Gasteiger charge is -2.19. The van der Waals surface area contributed by atoms with E-state index in [0.29, 0.717) is 0 Å². The molecule has 0 spiro atoms. The van der Waals surface area contributed by atoms with Crippen molar-refractivity contribution >= 4 is 11.6 Å². The molecule has 0 saturated carbocycles. The number of carbonyl (C=O) groups is 1. The number of aryl methyl sites for hydroxylation is 1. The number of aromatic nitrogens is 2. The van der Waals surface area contributed by atoms with E-state index in [0.717, 1.165) is 28.9 Å².